The number of nitrogens with zero attached hydrogens (tertiary/aromatic N) is 4. The highest BCUT2D eigenvalue weighted by molar-refractivity contribution is 6.22. The Kier molecular flexibility index (Phi) is 5.26. The van der Waals surface area contributed by atoms with Crippen molar-refractivity contribution in [3.05, 3.63) is 63.7 Å². The molecule has 156 valence electrons. The van der Waals surface area contributed by atoms with E-state index in [0.29, 0.717) is 31.9 Å². The molecule has 2 fully saturated rings. The van der Waals surface area contributed by atoms with Gasteiger partial charge in [-0.15, -0.1) is 0 Å². The zero-order valence-corrected chi connectivity index (χ0v) is 17.1. The molecule has 1 atom stereocenters. The molecule has 2 amide bonds. The van der Waals surface area contributed by atoms with Gasteiger partial charge in [-0.2, -0.15) is 0 Å². The third-order valence-electron chi connectivity index (χ3n) is 5.90. The number of nitro groups is 1. The van der Waals surface area contributed by atoms with Crippen LogP contribution in [0.1, 0.15) is 17.5 Å². The minimum absolute atomic E-state index is 0.0685. The van der Waals surface area contributed by atoms with E-state index in [4.69, 9.17) is 0 Å². The van der Waals surface area contributed by atoms with Gasteiger partial charge >= 0.3 is 0 Å². The lowest BCUT2D eigenvalue weighted by atomic mass is 10.1. The van der Waals surface area contributed by atoms with E-state index >= 15 is 0 Å². The molecule has 2 saturated heterocycles. The molecule has 0 unspecified atom stereocenters. The largest absolute Gasteiger partial charge is 0.369 e. The van der Waals surface area contributed by atoms with Crippen molar-refractivity contribution in [2.24, 2.45) is 0 Å². The van der Waals surface area contributed by atoms with Gasteiger partial charge in [-0.1, -0.05) is 17.7 Å². The second-order valence-electron chi connectivity index (χ2n) is 7.87. The van der Waals surface area contributed by atoms with Gasteiger partial charge in [-0.3, -0.25) is 24.6 Å². The molecule has 0 aliphatic carbocycles. The molecule has 0 spiro atoms. The van der Waals surface area contributed by atoms with Gasteiger partial charge in [0, 0.05) is 44.0 Å². The maximum Gasteiger partial charge on any atom is 0.269 e. The fourth-order valence-electron chi connectivity index (χ4n) is 4.29. The third kappa shape index (κ3) is 3.66. The Labute approximate surface area is 174 Å². The van der Waals surface area contributed by atoms with Gasteiger partial charge < -0.3 is 4.90 Å². The molecular formula is C22H24N4O4. The lowest BCUT2D eigenvalue weighted by Gasteiger charge is -2.38. The van der Waals surface area contributed by atoms with Gasteiger partial charge in [0.2, 0.25) is 5.91 Å². The Morgan fingerprint density at radius 2 is 1.63 bits per heavy atom. The van der Waals surface area contributed by atoms with Gasteiger partial charge in [0.05, 0.1) is 23.1 Å². The first kappa shape index (κ1) is 20.0. The molecule has 8 nitrogen and oxygen atoms in total. The van der Waals surface area contributed by atoms with Crippen molar-refractivity contribution in [1.29, 1.82) is 0 Å². The maximum absolute atomic E-state index is 13.1. The number of aryl methyl sites for hydroxylation is 2. The fraction of sp³-hybridized carbons (Fsp3) is 0.364. The number of anilines is 2. The number of hydrogen-bond donors (Lipinski definition) is 0. The van der Waals surface area contributed by atoms with Crippen molar-refractivity contribution in [3.8, 4) is 0 Å². The maximum atomic E-state index is 13.1. The summed E-state index contributed by atoms with van der Waals surface area (Å²) in [5.74, 6) is -0.314. The summed E-state index contributed by atoms with van der Waals surface area (Å²) >= 11 is 0. The Morgan fingerprint density at radius 3 is 2.23 bits per heavy atom. The third-order valence-corrected chi connectivity index (χ3v) is 5.90. The summed E-state index contributed by atoms with van der Waals surface area (Å²) in [5, 5.41) is 10.8. The molecular weight excluding hydrogens is 384 g/mol. The highest BCUT2D eigenvalue weighted by Gasteiger charge is 2.43. The van der Waals surface area contributed by atoms with Crippen LogP contribution in [0.25, 0.3) is 0 Å². The summed E-state index contributed by atoms with van der Waals surface area (Å²) < 4.78 is 0. The number of piperazine rings is 1. The smallest absolute Gasteiger partial charge is 0.269 e. The highest BCUT2D eigenvalue weighted by atomic mass is 16.6. The first-order chi connectivity index (χ1) is 14.3. The second-order valence-corrected chi connectivity index (χ2v) is 7.87. The summed E-state index contributed by atoms with van der Waals surface area (Å²) in [5.41, 5.74) is 3.67. The minimum Gasteiger partial charge on any atom is -0.369 e. The van der Waals surface area contributed by atoms with Gasteiger partial charge in [-0.25, -0.2) is 4.90 Å². The Morgan fingerprint density at radius 1 is 0.967 bits per heavy atom. The summed E-state index contributed by atoms with van der Waals surface area (Å²) in [6, 6.07) is 11.8. The lowest BCUT2D eigenvalue weighted by Crippen LogP contribution is -2.52. The molecule has 0 aromatic heterocycles. The van der Waals surface area contributed by atoms with Crippen LogP contribution in [-0.2, 0) is 9.59 Å². The summed E-state index contributed by atoms with van der Waals surface area (Å²) in [6.07, 6.45) is 0.198. The first-order valence-corrected chi connectivity index (χ1v) is 10.0. The predicted molar refractivity (Wildman–Crippen MR) is 114 cm³/mol. The molecule has 2 aromatic carbocycles. The summed E-state index contributed by atoms with van der Waals surface area (Å²) in [7, 11) is 0. The van der Waals surface area contributed by atoms with Crippen LogP contribution < -0.4 is 9.80 Å². The van der Waals surface area contributed by atoms with Crippen molar-refractivity contribution < 1.29 is 14.5 Å². The van der Waals surface area contributed by atoms with Crippen LogP contribution in [0.4, 0.5) is 17.1 Å². The van der Waals surface area contributed by atoms with Gasteiger partial charge in [0.25, 0.3) is 11.6 Å². The molecule has 2 aliphatic rings. The molecule has 2 heterocycles. The van der Waals surface area contributed by atoms with Crippen LogP contribution in [0, 0.1) is 24.0 Å². The number of non-ortho nitro benzene ring substituents is 1. The van der Waals surface area contributed by atoms with Crippen molar-refractivity contribution in [1.82, 2.24) is 4.90 Å². The van der Waals surface area contributed by atoms with Crippen LogP contribution >= 0.6 is 0 Å². The summed E-state index contributed by atoms with van der Waals surface area (Å²) in [6.45, 7) is 6.60. The van der Waals surface area contributed by atoms with E-state index in [-0.39, 0.29) is 23.9 Å². The molecule has 2 aliphatic heterocycles. The standard InChI is InChI=1S/C22H24N4O4/c1-15-3-8-19(16(2)13-15)25-21(27)14-20(22(25)28)24-11-9-23(10-12-24)17-4-6-18(7-5-17)26(29)30/h3-8,13,20H,9-12,14H2,1-2H3/t20-/m0/s1. The van der Waals surface area contributed by atoms with Crippen LogP contribution in [0.3, 0.4) is 0 Å². The van der Waals surface area contributed by atoms with E-state index in [1.807, 2.05) is 32.0 Å². The van der Waals surface area contributed by atoms with E-state index in [0.717, 1.165) is 16.8 Å². The number of amides is 2. The van der Waals surface area contributed by atoms with Gasteiger partial charge in [-0.05, 0) is 37.6 Å². The van der Waals surface area contributed by atoms with Gasteiger partial charge in [0.1, 0.15) is 0 Å². The second kappa shape index (κ2) is 7.87. The monoisotopic (exact) mass is 408 g/mol. The van der Waals surface area contributed by atoms with E-state index < -0.39 is 11.0 Å². The molecule has 0 radical (unpaired) electrons. The summed E-state index contributed by atoms with van der Waals surface area (Å²) in [4.78, 5) is 41.7. The topological polar surface area (TPSA) is 87.0 Å². The molecule has 0 saturated carbocycles. The average molecular weight is 408 g/mol. The number of imide groups is 1. The molecule has 2 aromatic rings. The Bertz CT molecular complexity index is 997. The quantitative estimate of drug-likeness (QED) is 0.439. The van der Waals surface area contributed by atoms with E-state index in [2.05, 4.69) is 9.80 Å². The van der Waals surface area contributed by atoms with E-state index in [1.165, 1.54) is 17.0 Å². The zero-order valence-electron chi connectivity index (χ0n) is 17.1. The first-order valence-electron chi connectivity index (χ1n) is 10.0. The molecule has 8 heteroatoms. The average Bonchev–Trinajstić information content (AvgIpc) is 3.02. The number of nitro benzene ring substituents is 1. The molecule has 4 rings (SSSR count). The number of rotatable bonds is 4. The Balaban J connectivity index is 1.43. The minimum atomic E-state index is -0.433. The van der Waals surface area contributed by atoms with Crippen LogP contribution in [-0.4, -0.2) is 53.9 Å². The zero-order chi connectivity index (χ0) is 21.4. The highest BCUT2D eigenvalue weighted by Crippen LogP contribution is 2.30. The number of hydrogen-bond acceptors (Lipinski definition) is 6. The molecule has 0 N–H and O–H groups in total. The normalized spacial score (nSPS) is 20.1. The number of carbonyl (C=O) groups is 2. The van der Waals surface area contributed by atoms with Crippen molar-refractivity contribution in [2.45, 2.75) is 26.3 Å². The van der Waals surface area contributed by atoms with Crippen molar-refractivity contribution in [3.63, 3.8) is 0 Å². The fourth-order valence-corrected chi connectivity index (χ4v) is 4.29. The van der Waals surface area contributed by atoms with Crippen LogP contribution in [0.15, 0.2) is 42.5 Å². The predicted octanol–water partition coefficient (Wildman–Crippen LogP) is 2.67. The number of carbonyl (C=O) groups excluding carboxylic acids is 2. The van der Waals surface area contributed by atoms with E-state index in [9.17, 15) is 19.7 Å². The van der Waals surface area contributed by atoms with Crippen molar-refractivity contribution in [2.75, 3.05) is 36.0 Å². The molecule has 0 bridgehead atoms. The lowest BCUT2D eigenvalue weighted by molar-refractivity contribution is -0.384. The number of benzene rings is 2. The van der Waals surface area contributed by atoms with E-state index in [1.54, 1.807) is 12.1 Å². The molecule has 30 heavy (non-hydrogen) atoms. The van der Waals surface area contributed by atoms with Crippen LogP contribution in [0.5, 0.6) is 0 Å². The van der Waals surface area contributed by atoms with Gasteiger partial charge in [0.15, 0.2) is 0 Å². The van der Waals surface area contributed by atoms with Crippen molar-refractivity contribution >= 4 is 28.9 Å². The SMILES string of the molecule is Cc1ccc(N2C(=O)C[C@H](N3CCN(c4ccc([N+](=O)[O-])cc4)CC3)C2=O)c(C)c1. The Hall–Kier alpha value is -3.26. The van der Waals surface area contributed by atoms with Crippen LogP contribution in [0.2, 0.25) is 0 Å².